The molecule has 2 aliphatic rings. The van der Waals surface area contributed by atoms with Gasteiger partial charge in [-0.2, -0.15) is 5.10 Å². The Kier molecular flexibility index (Phi) is 3.76. The summed E-state index contributed by atoms with van der Waals surface area (Å²) in [7, 11) is 1.67. The van der Waals surface area contributed by atoms with E-state index >= 15 is 0 Å². The van der Waals surface area contributed by atoms with Gasteiger partial charge in [0.15, 0.2) is 0 Å². The Morgan fingerprint density at radius 1 is 1.35 bits per heavy atom. The summed E-state index contributed by atoms with van der Waals surface area (Å²) in [6.45, 7) is 2.60. The van der Waals surface area contributed by atoms with Crippen LogP contribution in [0.3, 0.4) is 0 Å². The lowest BCUT2D eigenvalue weighted by Gasteiger charge is -2.27. The molecule has 2 aromatic rings. The summed E-state index contributed by atoms with van der Waals surface area (Å²) in [5.74, 6) is 0.853. The van der Waals surface area contributed by atoms with Crippen LogP contribution in [0, 0.1) is 3.57 Å². The molecule has 1 amide bonds. The van der Waals surface area contributed by atoms with Crippen LogP contribution in [0.15, 0.2) is 30.5 Å². The molecule has 120 valence electrons. The molecule has 0 aliphatic carbocycles. The van der Waals surface area contributed by atoms with E-state index in [1.807, 2.05) is 16.8 Å². The first-order valence-corrected chi connectivity index (χ1v) is 8.63. The zero-order valence-corrected chi connectivity index (χ0v) is 14.9. The minimum absolute atomic E-state index is 0.0144. The number of likely N-dealkylation sites (tertiary alicyclic amines) is 1. The summed E-state index contributed by atoms with van der Waals surface area (Å²) in [6, 6.07) is 8.47. The van der Waals surface area contributed by atoms with Crippen LogP contribution in [0.4, 0.5) is 0 Å². The maximum atomic E-state index is 12.2. The van der Waals surface area contributed by atoms with Gasteiger partial charge in [0, 0.05) is 19.6 Å². The van der Waals surface area contributed by atoms with Crippen LogP contribution in [-0.4, -0.2) is 46.8 Å². The number of methoxy groups -OCH3 is 1. The highest BCUT2D eigenvalue weighted by Gasteiger charge is 2.41. The molecule has 23 heavy (non-hydrogen) atoms. The zero-order valence-electron chi connectivity index (χ0n) is 12.7. The molecule has 0 unspecified atom stereocenters. The molecule has 0 bridgehead atoms. The number of hydrogen-bond acceptors (Lipinski definition) is 4. The average Bonchev–Trinajstić information content (AvgIpc) is 3.12. The lowest BCUT2D eigenvalue weighted by atomic mass is 10.1. The summed E-state index contributed by atoms with van der Waals surface area (Å²) in [5.41, 5.74) is 1.93. The van der Waals surface area contributed by atoms with Crippen molar-refractivity contribution in [3.8, 4) is 5.75 Å². The number of nitrogens with one attached hydrogen (secondary N) is 1. The van der Waals surface area contributed by atoms with Crippen molar-refractivity contribution in [1.29, 1.82) is 0 Å². The fourth-order valence-corrected chi connectivity index (χ4v) is 4.03. The lowest BCUT2D eigenvalue weighted by Crippen LogP contribution is -2.47. The quantitative estimate of drug-likeness (QED) is 0.762. The van der Waals surface area contributed by atoms with E-state index in [-0.39, 0.29) is 18.0 Å². The Labute approximate surface area is 147 Å². The molecule has 4 rings (SSSR count). The van der Waals surface area contributed by atoms with Crippen LogP contribution in [-0.2, 0) is 6.54 Å². The first kappa shape index (κ1) is 14.9. The van der Waals surface area contributed by atoms with Crippen LogP contribution >= 0.6 is 22.6 Å². The third-order valence-electron chi connectivity index (χ3n) is 4.53. The molecule has 3 heterocycles. The van der Waals surface area contributed by atoms with Gasteiger partial charge in [-0.25, -0.2) is 0 Å². The monoisotopic (exact) mass is 424 g/mol. The topological polar surface area (TPSA) is 59.4 Å². The van der Waals surface area contributed by atoms with Gasteiger partial charge in [0.1, 0.15) is 11.4 Å². The molecule has 1 saturated heterocycles. The summed E-state index contributed by atoms with van der Waals surface area (Å²) >= 11 is 2.17. The lowest BCUT2D eigenvalue weighted by molar-refractivity contribution is 0.0887. The molecule has 6 nitrogen and oxygen atoms in total. The molecule has 1 N–H and O–H groups in total. The molecule has 1 aromatic carbocycles. The number of halogens is 1. The normalized spacial score (nSPS) is 23.3. The van der Waals surface area contributed by atoms with Crippen LogP contribution in [0.5, 0.6) is 5.75 Å². The van der Waals surface area contributed by atoms with E-state index in [1.54, 1.807) is 13.3 Å². The van der Waals surface area contributed by atoms with E-state index in [0.29, 0.717) is 5.69 Å². The summed E-state index contributed by atoms with van der Waals surface area (Å²) in [4.78, 5) is 14.6. The first-order chi connectivity index (χ1) is 11.2. The number of carbonyl (C=O) groups excluding carboxylic acids is 1. The van der Waals surface area contributed by atoms with E-state index in [4.69, 9.17) is 4.74 Å². The number of amides is 1. The fourth-order valence-electron chi connectivity index (χ4n) is 3.42. The van der Waals surface area contributed by atoms with E-state index in [2.05, 4.69) is 50.0 Å². The van der Waals surface area contributed by atoms with Crippen LogP contribution in [0.2, 0.25) is 0 Å². The van der Waals surface area contributed by atoms with Gasteiger partial charge in [-0.05, 0) is 40.3 Å². The number of hydrogen-bond donors (Lipinski definition) is 1. The van der Waals surface area contributed by atoms with Gasteiger partial charge >= 0.3 is 0 Å². The molecule has 0 spiro atoms. The highest BCUT2D eigenvalue weighted by atomic mass is 127. The van der Waals surface area contributed by atoms with Gasteiger partial charge in [0.25, 0.3) is 5.91 Å². The SMILES string of the molecule is COc1ccc(CN2C[C@@H]3NC(=O)c4c(I)cnn4[C@H]3C2)cc1. The Balaban J connectivity index is 1.52. The van der Waals surface area contributed by atoms with E-state index in [0.717, 1.165) is 29.0 Å². The minimum Gasteiger partial charge on any atom is -0.497 e. The first-order valence-electron chi connectivity index (χ1n) is 7.55. The van der Waals surface area contributed by atoms with Crippen molar-refractivity contribution < 1.29 is 9.53 Å². The highest BCUT2D eigenvalue weighted by Crippen LogP contribution is 2.30. The second-order valence-corrected chi connectivity index (χ2v) is 7.14. The van der Waals surface area contributed by atoms with Crippen LogP contribution in [0.25, 0.3) is 0 Å². The maximum Gasteiger partial charge on any atom is 0.271 e. The Hall–Kier alpha value is -1.61. The summed E-state index contributed by atoms with van der Waals surface area (Å²) < 4.78 is 8.01. The number of aromatic nitrogens is 2. The van der Waals surface area contributed by atoms with Crippen molar-refractivity contribution >= 4 is 28.5 Å². The van der Waals surface area contributed by atoms with E-state index in [9.17, 15) is 4.79 Å². The summed E-state index contributed by atoms with van der Waals surface area (Å²) in [5, 5.41) is 7.55. The predicted molar refractivity (Wildman–Crippen MR) is 93.5 cm³/mol. The van der Waals surface area contributed by atoms with E-state index in [1.165, 1.54) is 5.56 Å². The largest absolute Gasteiger partial charge is 0.497 e. The van der Waals surface area contributed by atoms with Crippen molar-refractivity contribution in [3.05, 3.63) is 45.3 Å². The Morgan fingerprint density at radius 2 is 2.13 bits per heavy atom. The van der Waals surface area contributed by atoms with Crippen LogP contribution in [0.1, 0.15) is 22.1 Å². The van der Waals surface area contributed by atoms with Crippen molar-refractivity contribution in [2.45, 2.75) is 18.6 Å². The molecule has 7 heteroatoms. The number of carbonyl (C=O) groups is 1. The molecule has 2 aliphatic heterocycles. The molecular weight excluding hydrogens is 407 g/mol. The number of benzene rings is 1. The highest BCUT2D eigenvalue weighted by molar-refractivity contribution is 14.1. The average molecular weight is 424 g/mol. The van der Waals surface area contributed by atoms with Gasteiger partial charge < -0.3 is 10.1 Å². The maximum absolute atomic E-state index is 12.2. The van der Waals surface area contributed by atoms with Crippen LogP contribution < -0.4 is 10.1 Å². The standard InChI is InChI=1S/C16H17IN4O2/c1-23-11-4-2-10(3-5-11)7-20-8-13-14(9-20)21-15(16(22)19-13)12(17)6-18-21/h2-6,13-14H,7-9H2,1H3,(H,19,22)/t13-,14-/m0/s1. The van der Waals surface area contributed by atoms with Crippen molar-refractivity contribution in [2.24, 2.45) is 0 Å². The Bertz CT molecular complexity index is 743. The molecule has 1 fully saturated rings. The summed E-state index contributed by atoms with van der Waals surface area (Å²) in [6.07, 6.45) is 1.77. The number of fused-ring (bicyclic) bond motifs is 3. The van der Waals surface area contributed by atoms with E-state index < -0.39 is 0 Å². The second-order valence-electron chi connectivity index (χ2n) is 5.98. The molecule has 1 aromatic heterocycles. The fraction of sp³-hybridized carbons (Fsp3) is 0.375. The van der Waals surface area contributed by atoms with Gasteiger partial charge in [-0.3, -0.25) is 14.4 Å². The number of nitrogens with zero attached hydrogens (tertiary/aromatic N) is 3. The number of rotatable bonds is 3. The van der Waals surface area contributed by atoms with Gasteiger partial charge in [0.2, 0.25) is 0 Å². The molecule has 0 saturated carbocycles. The van der Waals surface area contributed by atoms with Gasteiger partial charge in [-0.15, -0.1) is 0 Å². The smallest absolute Gasteiger partial charge is 0.271 e. The Morgan fingerprint density at radius 3 is 2.87 bits per heavy atom. The molecule has 0 radical (unpaired) electrons. The minimum atomic E-state index is -0.0144. The van der Waals surface area contributed by atoms with Crippen molar-refractivity contribution in [1.82, 2.24) is 20.0 Å². The van der Waals surface area contributed by atoms with Gasteiger partial charge in [0.05, 0.1) is 29.0 Å². The third-order valence-corrected chi connectivity index (χ3v) is 5.32. The third kappa shape index (κ3) is 2.61. The number of ether oxygens (including phenoxy) is 1. The molecular formula is C16H17IN4O2. The predicted octanol–water partition coefficient (Wildman–Crippen LogP) is 1.67. The second kappa shape index (κ2) is 5.79. The molecule has 2 atom stereocenters. The zero-order chi connectivity index (χ0) is 16.0. The van der Waals surface area contributed by atoms with Crippen molar-refractivity contribution in [3.63, 3.8) is 0 Å². The van der Waals surface area contributed by atoms with Crippen molar-refractivity contribution in [2.75, 3.05) is 20.2 Å². The van der Waals surface area contributed by atoms with Gasteiger partial charge in [-0.1, -0.05) is 12.1 Å².